The summed E-state index contributed by atoms with van der Waals surface area (Å²) < 4.78 is 1.71. The maximum Gasteiger partial charge on any atom is 0.121 e. The molecule has 1 aromatic heterocycles. The fourth-order valence-corrected chi connectivity index (χ4v) is 1.72. The van der Waals surface area contributed by atoms with Crippen LogP contribution in [0.1, 0.15) is 30.9 Å². The van der Waals surface area contributed by atoms with Gasteiger partial charge in [0.2, 0.25) is 0 Å². The first-order chi connectivity index (χ1) is 7.31. The lowest BCUT2D eigenvalue weighted by molar-refractivity contribution is 0.406. The minimum Gasteiger partial charge on any atom is -0.384 e. The van der Waals surface area contributed by atoms with Crippen LogP contribution in [0.15, 0.2) is 11.2 Å². The van der Waals surface area contributed by atoms with Crippen molar-refractivity contribution >= 4 is 5.82 Å². The standard InChI is InChI=1S/C9H14N6/c10-9-6-8(7-2-1-3-7)13-15(9)5-4-12-14-11/h6-7H,1-5,10H2. The molecule has 80 valence electrons. The molecule has 6 nitrogen and oxygen atoms in total. The fraction of sp³-hybridized carbons (Fsp3) is 0.667. The van der Waals surface area contributed by atoms with Crippen molar-refractivity contribution in [3.05, 3.63) is 22.2 Å². The largest absolute Gasteiger partial charge is 0.384 e. The topological polar surface area (TPSA) is 92.6 Å². The van der Waals surface area contributed by atoms with Crippen molar-refractivity contribution in [2.45, 2.75) is 31.7 Å². The van der Waals surface area contributed by atoms with Gasteiger partial charge in [-0.3, -0.25) is 0 Å². The molecule has 6 heteroatoms. The van der Waals surface area contributed by atoms with E-state index in [9.17, 15) is 0 Å². The Labute approximate surface area is 87.7 Å². The Morgan fingerprint density at radius 1 is 1.67 bits per heavy atom. The molecule has 0 saturated heterocycles. The van der Waals surface area contributed by atoms with Gasteiger partial charge in [-0.2, -0.15) is 5.10 Å². The van der Waals surface area contributed by atoms with Crippen LogP contribution in [-0.4, -0.2) is 16.3 Å². The average Bonchev–Trinajstić information content (AvgIpc) is 2.45. The molecule has 1 heterocycles. The van der Waals surface area contributed by atoms with E-state index in [-0.39, 0.29) is 0 Å². The number of azide groups is 1. The number of rotatable bonds is 4. The van der Waals surface area contributed by atoms with Crippen LogP contribution in [0.5, 0.6) is 0 Å². The van der Waals surface area contributed by atoms with Crippen molar-refractivity contribution in [3.8, 4) is 0 Å². The molecule has 1 aliphatic carbocycles. The number of hydrogen-bond donors (Lipinski definition) is 1. The zero-order valence-corrected chi connectivity index (χ0v) is 8.50. The van der Waals surface area contributed by atoms with E-state index >= 15 is 0 Å². The third-order valence-electron chi connectivity index (χ3n) is 2.83. The van der Waals surface area contributed by atoms with Crippen molar-refractivity contribution in [1.82, 2.24) is 9.78 Å². The zero-order chi connectivity index (χ0) is 10.7. The number of hydrogen-bond acceptors (Lipinski definition) is 3. The number of anilines is 1. The molecule has 1 aromatic rings. The van der Waals surface area contributed by atoms with Crippen molar-refractivity contribution in [2.75, 3.05) is 12.3 Å². The molecule has 0 amide bonds. The van der Waals surface area contributed by atoms with Crippen LogP contribution in [0.3, 0.4) is 0 Å². The van der Waals surface area contributed by atoms with Crippen LogP contribution >= 0.6 is 0 Å². The van der Waals surface area contributed by atoms with Gasteiger partial charge in [-0.25, -0.2) is 4.68 Å². The van der Waals surface area contributed by atoms with Gasteiger partial charge in [0, 0.05) is 30.0 Å². The minimum absolute atomic E-state index is 0.395. The van der Waals surface area contributed by atoms with E-state index in [1.807, 2.05) is 6.07 Å². The van der Waals surface area contributed by atoms with E-state index in [4.69, 9.17) is 11.3 Å². The summed E-state index contributed by atoms with van der Waals surface area (Å²) in [4.78, 5) is 2.69. The average molecular weight is 206 g/mol. The molecule has 0 aromatic carbocycles. The molecule has 1 fully saturated rings. The van der Waals surface area contributed by atoms with Crippen molar-refractivity contribution < 1.29 is 0 Å². The summed E-state index contributed by atoms with van der Waals surface area (Å²) in [6, 6.07) is 1.93. The molecule has 2 N–H and O–H groups in total. The Morgan fingerprint density at radius 3 is 3.07 bits per heavy atom. The Morgan fingerprint density at radius 2 is 2.47 bits per heavy atom. The maximum absolute atomic E-state index is 8.15. The van der Waals surface area contributed by atoms with Crippen LogP contribution in [0.2, 0.25) is 0 Å². The van der Waals surface area contributed by atoms with Crippen LogP contribution in [0.4, 0.5) is 5.82 Å². The second kappa shape index (κ2) is 4.23. The summed E-state index contributed by atoms with van der Waals surface area (Å²) in [6.07, 6.45) is 3.72. The lowest BCUT2D eigenvalue weighted by Gasteiger charge is -2.22. The Kier molecular flexibility index (Phi) is 2.78. The normalized spacial score (nSPS) is 15.7. The number of nitrogen functional groups attached to an aromatic ring is 1. The quantitative estimate of drug-likeness (QED) is 0.463. The van der Waals surface area contributed by atoms with Crippen LogP contribution in [-0.2, 0) is 6.54 Å². The summed E-state index contributed by atoms with van der Waals surface area (Å²) in [5.41, 5.74) is 15.0. The predicted molar refractivity (Wildman–Crippen MR) is 57.2 cm³/mol. The molecule has 0 bridgehead atoms. The lowest BCUT2D eigenvalue weighted by atomic mass is 9.83. The van der Waals surface area contributed by atoms with Gasteiger partial charge in [0.05, 0.1) is 5.69 Å². The molecule has 0 unspecified atom stereocenters. The summed E-state index contributed by atoms with van der Waals surface area (Å²) in [5.74, 6) is 1.25. The lowest BCUT2D eigenvalue weighted by Crippen LogP contribution is -2.11. The molecule has 0 aliphatic heterocycles. The second-order valence-electron chi connectivity index (χ2n) is 3.80. The Bertz CT molecular complexity index is 385. The summed E-state index contributed by atoms with van der Waals surface area (Å²) in [5, 5.41) is 7.87. The first-order valence-corrected chi connectivity index (χ1v) is 5.15. The first-order valence-electron chi connectivity index (χ1n) is 5.15. The van der Waals surface area contributed by atoms with Gasteiger partial charge in [0.15, 0.2) is 0 Å². The first kappa shape index (κ1) is 9.86. The highest BCUT2D eigenvalue weighted by Gasteiger charge is 2.22. The van der Waals surface area contributed by atoms with Gasteiger partial charge in [-0.05, 0) is 18.4 Å². The number of aromatic nitrogens is 2. The van der Waals surface area contributed by atoms with E-state index in [2.05, 4.69) is 15.1 Å². The molecular formula is C9H14N6. The smallest absolute Gasteiger partial charge is 0.121 e. The number of nitrogens with zero attached hydrogens (tertiary/aromatic N) is 5. The minimum atomic E-state index is 0.395. The van der Waals surface area contributed by atoms with Gasteiger partial charge < -0.3 is 5.73 Å². The van der Waals surface area contributed by atoms with Crippen molar-refractivity contribution in [2.24, 2.45) is 5.11 Å². The highest BCUT2D eigenvalue weighted by Crippen LogP contribution is 2.35. The van der Waals surface area contributed by atoms with Gasteiger partial charge in [0.1, 0.15) is 5.82 Å². The summed E-state index contributed by atoms with van der Waals surface area (Å²) in [7, 11) is 0. The number of nitrogens with two attached hydrogens (primary N) is 1. The van der Waals surface area contributed by atoms with Gasteiger partial charge >= 0.3 is 0 Å². The molecule has 0 spiro atoms. The molecule has 15 heavy (non-hydrogen) atoms. The summed E-state index contributed by atoms with van der Waals surface area (Å²) >= 11 is 0. The van der Waals surface area contributed by atoms with E-state index < -0.39 is 0 Å². The Hall–Kier alpha value is -1.68. The van der Waals surface area contributed by atoms with E-state index in [1.165, 1.54) is 19.3 Å². The van der Waals surface area contributed by atoms with Gasteiger partial charge in [0.25, 0.3) is 0 Å². The molecule has 2 rings (SSSR count). The second-order valence-corrected chi connectivity index (χ2v) is 3.80. The maximum atomic E-state index is 8.15. The SMILES string of the molecule is [N-]=[N+]=NCCn1nc(C2CCC2)cc1N. The third-order valence-corrected chi connectivity index (χ3v) is 2.83. The van der Waals surface area contributed by atoms with E-state index in [0.29, 0.717) is 24.8 Å². The van der Waals surface area contributed by atoms with E-state index in [1.54, 1.807) is 4.68 Å². The summed E-state index contributed by atoms with van der Waals surface area (Å²) in [6.45, 7) is 0.953. The predicted octanol–water partition coefficient (Wildman–Crippen LogP) is 2.04. The van der Waals surface area contributed by atoms with Crippen molar-refractivity contribution in [3.63, 3.8) is 0 Å². The third kappa shape index (κ3) is 2.05. The zero-order valence-electron chi connectivity index (χ0n) is 8.50. The molecular weight excluding hydrogens is 192 g/mol. The molecule has 0 atom stereocenters. The van der Waals surface area contributed by atoms with Crippen LogP contribution < -0.4 is 5.73 Å². The highest BCUT2D eigenvalue weighted by atomic mass is 15.3. The molecule has 1 saturated carbocycles. The van der Waals surface area contributed by atoms with Gasteiger partial charge in [-0.1, -0.05) is 11.5 Å². The van der Waals surface area contributed by atoms with Crippen LogP contribution in [0.25, 0.3) is 10.4 Å². The van der Waals surface area contributed by atoms with Crippen molar-refractivity contribution in [1.29, 1.82) is 0 Å². The molecule has 1 aliphatic rings. The highest BCUT2D eigenvalue weighted by molar-refractivity contribution is 5.32. The monoisotopic (exact) mass is 206 g/mol. The molecule has 0 radical (unpaired) electrons. The van der Waals surface area contributed by atoms with E-state index in [0.717, 1.165) is 5.69 Å². The van der Waals surface area contributed by atoms with Gasteiger partial charge in [-0.15, -0.1) is 0 Å². The van der Waals surface area contributed by atoms with Crippen LogP contribution in [0, 0.1) is 0 Å². The fourth-order valence-electron chi connectivity index (χ4n) is 1.72. The Balaban J connectivity index is 2.03.